The molecule has 3 rings (SSSR count). The summed E-state index contributed by atoms with van der Waals surface area (Å²) in [6.45, 7) is 1.99. The number of nitrogens with zero attached hydrogens (tertiary/aromatic N) is 2. The Kier molecular flexibility index (Phi) is 6.47. The van der Waals surface area contributed by atoms with Crippen molar-refractivity contribution in [2.24, 2.45) is 12.0 Å². The zero-order valence-corrected chi connectivity index (χ0v) is 17.9. The van der Waals surface area contributed by atoms with E-state index >= 15 is 0 Å². The van der Waals surface area contributed by atoms with Gasteiger partial charge < -0.3 is 9.30 Å². The van der Waals surface area contributed by atoms with Gasteiger partial charge in [-0.3, -0.25) is 4.79 Å². The summed E-state index contributed by atoms with van der Waals surface area (Å²) in [4.78, 5) is 28.5. The zero-order valence-electron chi connectivity index (χ0n) is 16.3. The third-order valence-corrected chi connectivity index (χ3v) is 7.12. The number of fused-ring (bicyclic) bond motifs is 1. The van der Waals surface area contributed by atoms with Crippen LogP contribution in [0.25, 0.3) is 10.2 Å². The number of ether oxygens (including phenoxy) is 1. The van der Waals surface area contributed by atoms with E-state index in [1.165, 1.54) is 23.5 Å². The van der Waals surface area contributed by atoms with E-state index in [1.54, 1.807) is 36.7 Å². The van der Waals surface area contributed by atoms with Crippen molar-refractivity contribution in [2.45, 2.75) is 18.2 Å². The monoisotopic (exact) mass is 450 g/mol. The SMILES string of the molecule is CCOC(=O)c1ccc2c(c1)sc(=NC(=O)CCS(=O)(=O)c1ccc(F)cc1)n2C. The van der Waals surface area contributed by atoms with Crippen LogP contribution < -0.4 is 4.80 Å². The molecule has 0 N–H and O–H groups in total. The van der Waals surface area contributed by atoms with E-state index in [9.17, 15) is 22.4 Å². The first-order valence-corrected chi connectivity index (χ1v) is 11.5. The van der Waals surface area contributed by atoms with Crippen LogP contribution >= 0.6 is 11.3 Å². The fraction of sp³-hybridized carbons (Fsp3) is 0.250. The van der Waals surface area contributed by atoms with Gasteiger partial charge in [0, 0.05) is 13.5 Å². The molecule has 0 aliphatic rings. The Bertz CT molecular complexity index is 1270. The molecule has 2 aromatic carbocycles. The normalized spacial score (nSPS) is 12.3. The number of hydrogen-bond acceptors (Lipinski definition) is 6. The predicted molar refractivity (Wildman–Crippen MR) is 110 cm³/mol. The second-order valence-electron chi connectivity index (χ2n) is 6.37. The van der Waals surface area contributed by atoms with E-state index in [0.717, 1.165) is 22.3 Å². The summed E-state index contributed by atoms with van der Waals surface area (Å²) in [5.74, 6) is -1.99. The zero-order chi connectivity index (χ0) is 21.9. The summed E-state index contributed by atoms with van der Waals surface area (Å²) in [5.41, 5.74) is 1.17. The summed E-state index contributed by atoms with van der Waals surface area (Å²) in [6.07, 6.45) is -0.304. The molecule has 0 saturated carbocycles. The second-order valence-corrected chi connectivity index (χ2v) is 9.49. The van der Waals surface area contributed by atoms with E-state index in [2.05, 4.69) is 4.99 Å². The van der Waals surface area contributed by atoms with Crippen LogP contribution in [0, 0.1) is 5.82 Å². The number of esters is 1. The first-order chi connectivity index (χ1) is 14.2. The molecule has 0 atom stereocenters. The number of carbonyl (C=O) groups is 2. The number of halogens is 1. The van der Waals surface area contributed by atoms with E-state index in [4.69, 9.17) is 4.74 Å². The van der Waals surface area contributed by atoms with Gasteiger partial charge in [-0.25, -0.2) is 17.6 Å². The molecule has 0 spiro atoms. The van der Waals surface area contributed by atoms with E-state index < -0.39 is 33.3 Å². The lowest BCUT2D eigenvalue weighted by molar-refractivity contribution is -0.117. The summed E-state index contributed by atoms with van der Waals surface area (Å²) in [5, 5.41) is 0. The molecule has 0 fully saturated rings. The molecule has 0 saturated heterocycles. The lowest BCUT2D eigenvalue weighted by Crippen LogP contribution is -2.16. The van der Waals surface area contributed by atoms with Crippen molar-refractivity contribution < 1.29 is 27.1 Å². The largest absolute Gasteiger partial charge is 0.462 e. The smallest absolute Gasteiger partial charge is 0.338 e. The van der Waals surface area contributed by atoms with Gasteiger partial charge in [0.05, 0.1) is 33.0 Å². The van der Waals surface area contributed by atoms with Crippen LogP contribution in [0.2, 0.25) is 0 Å². The second kappa shape index (κ2) is 8.88. The third-order valence-electron chi connectivity index (χ3n) is 4.30. The number of amides is 1. The lowest BCUT2D eigenvalue weighted by atomic mass is 10.2. The summed E-state index contributed by atoms with van der Waals surface area (Å²) in [6, 6.07) is 9.48. The fourth-order valence-corrected chi connectivity index (χ4v) is 5.03. The number of rotatable bonds is 6. The van der Waals surface area contributed by atoms with Gasteiger partial charge >= 0.3 is 5.97 Å². The van der Waals surface area contributed by atoms with Crippen LogP contribution in [0.1, 0.15) is 23.7 Å². The first kappa shape index (κ1) is 21.8. The minimum Gasteiger partial charge on any atom is -0.462 e. The van der Waals surface area contributed by atoms with Crippen LogP contribution in [0.3, 0.4) is 0 Å². The van der Waals surface area contributed by atoms with Gasteiger partial charge in [0.25, 0.3) is 0 Å². The maximum Gasteiger partial charge on any atom is 0.338 e. The lowest BCUT2D eigenvalue weighted by Gasteiger charge is -2.02. The van der Waals surface area contributed by atoms with Crippen molar-refractivity contribution >= 4 is 43.3 Å². The minimum atomic E-state index is -3.72. The molecular weight excluding hydrogens is 431 g/mol. The molecule has 1 aromatic heterocycles. The third kappa shape index (κ3) is 4.82. The van der Waals surface area contributed by atoms with Crippen LogP contribution in [-0.4, -0.2) is 37.2 Å². The van der Waals surface area contributed by atoms with Crippen LogP contribution in [0.4, 0.5) is 4.39 Å². The van der Waals surface area contributed by atoms with Gasteiger partial charge in [-0.2, -0.15) is 4.99 Å². The average molecular weight is 451 g/mol. The highest BCUT2D eigenvalue weighted by Crippen LogP contribution is 2.19. The van der Waals surface area contributed by atoms with E-state index in [0.29, 0.717) is 10.4 Å². The Balaban J connectivity index is 1.80. The molecule has 3 aromatic rings. The molecule has 1 heterocycles. The number of carbonyl (C=O) groups excluding carboxylic acids is 2. The van der Waals surface area contributed by atoms with Crippen molar-refractivity contribution in [2.75, 3.05) is 12.4 Å². The Morgan fingerprint density at radius 2 is 1.87 bits per heavy atom. The predicted octanol–water partition coefficient (Wildman–Crippen LogP) is 2.85. The molecule has 158 valence electrons. The van der Waals surface area contributed by atoms with Gasteiger partial charge in [-0.05, 0) is 49.4 Å². The number of aromatic nitrogens is 1. The molecule has 0 unspecified atom stereocenters. The highest BCUT2D eigenvalue weighted by molar-refractivity contribution is 7.91. The minimum absolute atomic E-state index is 0.0457. The Morgan fingerprint density at radius 3 is 2.53 bits per heavy atom. The van der Waals surface area contributed by atoms with E-state index in [-0.39, 0.29) is 17.9 Å². The molecule has 0 aliphatic heterocycles. The molecule has 0 aliphatic carbocycles. The number of aryl methyl sites for hydroxylation is 1. The Morgan fingerprint density at radius 1 is 1.17 bits per heavy atom. The maximum absolute atomic E-state index is 13.0. The number of hydrogen-bond donors (Lipinski definition) is 0. The summed E-state index contributed by atoms with van der Waals surface area (Å²) >= 11 is 1.21. The molecule has 0 radical (unpaired) electrons. The molecule has 1 amide bonds. The van der Waals surface area contributed by atoms with Crippen molar-refractivity contribution in [1.29, 1.82) is 0 Å². The standard InChI is InChI=1S/C20H19FN2O5S2/c1-3-28-19(25)13-4-9-16-17(12-13)29-20(23(16)2)22-18(24)10-11-30(26,27)15-7-5-14(21)6-8-15/h4-9,12H,3,10-11H2,1-2H3. The van der Waals surface area contributed by atoms with Crippen molar-refractivity contribution in [3.8, 4) is 0 Å². The van der Waals surface area contributed by atoms with Gasteiger partial charge in [-0.15, -0.1) is 0 Å². The van der Waals surface area contributed by atoms with Crippen LogP contribution in [-0.2, 0) is 26.4 Å². The molecule has 0 bridgehead atoms. The Hall–Kier alpha value is -2.85. The number of sulfone groups is 1. The van der Waals surface area contributed by atoms with Crippen molar-refractivity contribution in [1.82, 2.24) is 4.57 Å². The molecule has 10 heteroatoms. The van der Waals surface area contributed by atoms with Crippen molar-refractivity contribution in [3.05, 3.63) is 58.6 Å². The van der Waals surface area contributed by atoms with Gasteiger partial charge in [0.2, 0.25) is 5.91 Å². The molecular formula is C20H19FN2O5S2. The van der Waals surface area contributed by atoms with E-state index in [1.807, 2.05) is 0 Å². The van der Waals surface area contributed by atoms with Crippen LogP contribution in [0.15, 0.2) is 52.4 Å². The highest BCUT2D eigenvalue weighted by atomic mass is 32.2. The number of benzene rings is 2. The molecule has 30 heavy (non-hydrogen) atoms. The summed E-state index contributed by atoms with van der Waals surface area (Å²) < 4.78 is 45.0. The van der Waals surface area contributed by atoms with Crippen LogP contribution in [0.5, 0.6) is 0 Å². The number of thiazole rings is 1. The fourth-order valence-electron chi connectivity index (χ4n) is 2.73. The highest BCUT2D eigenvalue weighted by Gasteiger charge is 2.17. The maximum atomic E-state index is 13.0. The molecule has 7 nitrogen and oxygen atoms in total. The average Bonchev–Trinajstić information content (AvgIpc) is 3.02. The van der Waals surface area contributed by atoms with Gasteiger partial charge in [0.1, 0.15) is 5.82 Å². The topological polar surface area (TPSA) is 94.8 Å². The Labute approximate surface area is 176 Å². The van der Waals surface area contributed by atoms with Crippen molar-refractivity contribution in [3.63, 3.8) is 0 Å². The van der Waals surface area contributed by atoms with Gasteiger partial charge in [-0.1, -0.05) is 11.3 Å². The summed E-state index contributed by atoms with van der Waals surface area (Å²) in [7, 11) is -2.00. The quantitative estimate of drug-likeness (QED) is 0.425. The van der Waals surface area contributed by atoms with Gasteiger partial charge in [0.15, 0.2) is 14.6 Å². The first-order valence-electron chi connectivity index (χ1n) is 9.04.